The van der Waals surface area contributed by atoms with Gasteiger partial charge in [-0.15, -0.1) is 0 Å². The molecule has 2 aromatic heterocycles. The lowest BCUT2D eigenvalue weighted by Gasteiger charge is -2.29. The highest BCUT2D eigenvalue weighted by molar-refractivity contribution is 6.18. The number of aromatic amines is 1. The van der Waals surface area contributed by atoms with Crippen molar-refractivity contribution in [1.29, 1.82) is 0 Å². The Morgan fingerprint density at radius 3 is 2.33 bits per heavy atom. The molecular formula is C28H27FN4O3. The predicted octanol–water partition coefficient (Wildman–Crippen LogP) is 6.07. The fraction of sp³-hybridized carbons (Fsp3) is 0.286. The monoisotopic (exact) mass is 486 g/mol. The van der Waals surface area contributed by atoms with Crippen molar-refractivity contribution in [2.24, 2.45) is 5.92 Å². The normalized spacial score (nSPS) is 17.6. The topological polar surface area (TPSA) is 97.0 Å². The molecule has 0 spiro atoms. The van der Waals surface area contributed by atoms with Gasteiger partial charge in [-0.1, -0.05) is 0 Å². The highest BCUT2D eigenvalue weighted by atomic mass is 19.1. The number of benzene rings is 2. The zero-order valence-electron chi connectivity index (χ0n) is 20.0. The van der Waals surface area contributed by atoms with Gasteiger partial charge in [0.15, 0.2) is 5.78 Å². The van der Waals surface area contributed by atoms with Crippen LogP contribution >= 0.6 is 0 Å². The molecule has 0 aliphatic heterocycles. The third-order valence-corrected chi connectivity index (χ3v) is 6.64. The van der Waals surface area contributed by atoms with Gasteiger partial charge in [0.2, 0.25) is 0 Å². The van der Waals surface area contributed by atoms with Crippen LogP contribution in [0.4, 0.5) is 10.2 Å². The predicted molar refractivity (Wildman–Crippen MR) is 135 cm³/mol. The van der Waals surface area contributed by atoms with Gasteiger partial charge in [0.25, 0.3) is 0 Å². The summed E-state index contributed by atoms with van der Waals surface area (Å²) in [5.41, 5.74) is 1.59. The summed E-state index contributed by atoms with van der Waals surface area (Å²) in [5, 5.41) is 4.18. The number of hydrogen-bond acceptors (Lipinski definition) is 6. The number of ether oxygens (including phenoxy) is 1. The average molecular weight is 487 g/mol. The van der Waals surface area contributed by atoms with Gasteiger partial charge in [0, 0.05) is 24.2 Å². The quantitative estimate of drug-likeness (QED) is 0.294. The third kappa shape index (κ3) is 5.27. The van der Waals surface area contributed by atoms with Crippen molar-refractivity contribution in [3.05, 3.63) is 78.0 Å². The van der Waals surface area contributed by atoms with Gasteiger partial charge in [-0.2, -0.15) is 0 Å². The van der Waals surface area contributed by atoms with Crippen LogP contribution in [0.1, 0.15) is 54.9 Å². The van der Waals surface area contributed by atoms with Crippen LogP contribution in [0.3, 0.4) is 0 Å². The van der Waals surface area contributed by atoms with Gasteiger partial charge < -0.3 is 19.8 Å². The molecule has 7 nitrogen and oxygen atoms in total. The lowest BCUT2D eigenvalue weighted by Crippen LogP contribution is -2.27. The molecule has 1 aliphatic rings. The molecular weight excluding hydrogens is 459 g/mol. The van der Waals surface area contributed by atoms with Crippen molar-refractivity contribution < 1.29 is 18.7 Å². The maximum absolute atomic E-state index is 13.4. The van der Waals surface area contributed by atoms with E-state index in [9.17, 15) is 14.0 Å². The highest BCUT2D eigenvalue weighted by Gasteiger charge is 2.24. The zero-order valence-corrected chi connectivity index (χ0v) is 20.0. The SMILES string of the molecule is CC(=O)CC1CCC(Nc2ncnc3[nH]cc(C(=O)c4ccc(Oc5ccc(F)cc5)cc4)c23)CC1. The van der Waals surface area contributed by atoms with Crippen molar-refractivity contribution >= 4 is 28.4 Å². The Labute approximate surface area is 208 Å². The van der Waals surface area contributed by atoms with Crippen LogP contribution < -0.4 is 10.1 Å². The van der Waals surface area contributed by atoms with Gasteiger partial charge >= 0.3 is 0 Å². The first kappa shape index (κ1) is 23.7. The van der Waals surface area contributed by atoms with E-state index in [1.807, 2.05) is 0 Å². The number of halogens is 1. The molecule has 0 saturated heterocycles. The summed E-state index contributed by atoms with van der Waals surface area (Å²) in [6, 6.07) is 12.8. The Kier molecular flexibility index (Phi) is 6.75. The molecule has 1 fully saturated rings. The second-order valence-corrected chi connectivity index (χ2v) is 9.33. The van der Waals surface area contributed by atoms with Gasteiger partial charge in [0.1, 0.15) is 40.9 Å². The van der Waals surface area contributed by atoms with E-state index >= 15 is 0 Å². The van der Waals surface area contributed by atoms with Crippen LogP contribution in [0.2, 0.25) is 0 Å². The first-order valence-electron chi connectivity index (χ1n) is 12.1. The summed E-state index contributed by atoms with van der Waals surface area (Å²) in [5.74, 6) is 1.90. The molecule has 5 rings (SSSR count). The standard InChI is InChI=1S/C28H27FN4O3/c1-17(34)14-18-2-8-21(9-3-18)33-28-25-24(15-30-27(25)31-16-32-28)26(35)19-4-10-22(11-5-19)36-23-12-6-20(29)7-13-23/h4-7,10-13,15-16,18,21H,2-3,8-9,14H2,1H3,(H2,30,31,32,33). The van der Waals surface area contributed by atoms with Crippen LogP contribution in [-0.2, 0) is 4.79 Å². The molecule has 0 atom stereocenters. The lowest BCUT2D eigenvalue weighted by molar-refractivity contribution is -0.118. The van der Waals surface area contributed by atoms with Gasteiger partial charge in [0.05, 0.1) is 10.9 Å². The van der Waals surface area contributed by atoms with E-state index in [0.717, 1.165) is 25.7 Å². The van der Waals surface area contributed by atoms with Crippen LogP contribution in [0, 0.1) is 11.7 Å². The number of fused-ring (bicyclic) bond motifs is 1. The number of ketones is 2. The summed E-state index contributed by atoms with van der Waals surface area (Å²) >= 11 is 0. The maximum Gasteiger partial charge on any atom is 0.195 e. The van der Waals surface area contributed by atoms with E-state index in [2.05, 4.69) is 20.3 Å². The van der Waals surface area contributed by atoms with Crippen molar-refractivity contribution in [2.45, 2.75) is 45.1 Å². The van der Waals surface area contributed by atoms with E-state index in [0.29, 0.717) is 51.8 Å². The molecule has 2 N–H and O–H groups in total. The Morgan fingerprint density at radius 2 is 1.67 bits per heavy atom. The van der Waals surface area contributed by atoms with Gasteiger partial charge in [-0.3, -0.25) is 4.79 Å². The summed E-state index contributed by atoms with van der Waals surface area (Å²) in [7, 11) is 0. The Hall–Kier alpha value is -4.07. The molecule has 36 heavy (non-hydrogen) atoms. The second kappa shape index (κ2) is 10.3. The van der Waals surface area contributed by atoms with Crippen molar-refractivity contribution in [3.8, 4) is 11.5 Å². The summed E-state index contributed by atoms with van der Waals surface area (Å²) in [6.07, 6.45) is 7.69. The molecule has 8 heteroatoms. The van der Waals surface area contributed by atoms with E-state index in [1.165, 1.54) is 18.5 Å². The molecule has 0 amide bonds. The number of rotatable bonds is 8. The number of carbonyl (C=O) groups excluding carboxylic acids is 2. The molecule has 2 heterocycles. The molecule has 0 radical (unpaired) electrons. The summed E-state index contributed by atoms with van der Waals surface area (Å²) < 4.78 is 18.8. The average Bonchev–Trinajstić information content (AvgIpc) is 3.32. The number of aromatic nitrogens is 3. The minimum absolute atomic E-state index is 0.155. The first-order chi connectivity index (χ1) is 17.5. The van der Waals surface area contributed by atoms with Gasteiger partial charge in [-0.25, -0.2) is 14.4 Å². The number of nitrogens with zero attached hydrogens (tertiary/aromatic N) is 2. The first-order valence-corrected chi connectivity index (χ1v) is 12.1. The fourth-order valence-electron chi connectivity index (χ4n) is 4.83. The second-order valence-electron chi connectivity index (χ2n) is 9.33. The third-order valence-electron chi connectivity index (χ3n) is 6.64. The van der Waals surface area contributed by atoms with Crippen LogP contribution in [0.5, 0.6) is 11.5 Å². The smallest absolute Gasteiger partial charge is 0.195 e. The van der Waals surface area contributed by atoms with Crippen LogP contribution in [0.15, 0.2) is 61.1 Å². The molecule has 0 bridgehead atoms. The van der Waals surface area contributed by atoms with Gasteiger partial charge in [-0.05, 0) is 87.1 Å². The summed E-state index contributed by atoms with van der Waals surface area (Å²) in [4.78, 5) is 36.7. The van der Waals surface area contributed by atoms with E-state index < -0.39 is 0 Å². The number of carbonyl (C=O) groups is 2. The molecule has 0 unspecified atom stereocenters. The van der Waals surface area contributed by atoms with Crippen molar-refractivity contribution in [3.63, 3.8) is 0 Å². The zero-order chi connectivity index (χ0) is 25.1. The van der Waals surface area contributed by atoms with Crippen molar-refractivity contribution in [1.82, 2.24) is 15.0 Å². The number of Topliss-reactive ketones (excluding diaryl/α,β-unsaturated/α-hetero) is 1. The molecule has 1 saturated carbocycles. The molecule has 2 aromatic carbocycles. The minimum atomic E-state index is -0.333. The molecule has 1 aliphatic carbocycles. The molecule has 4 aromatic rings. The van der Waals surface area contributed by atoms with E-state index in [1.54, 1.807) is 49.5 Å². The Bertz CT molecular complexity index is 1370. The van der Waals surface area contributed by atoms with E-state index in [-0.39, 0.29) is 23.4 Å². The maximum atomic E-state index is 13.4. The van der Waals surface area contributed by atoms with Crippen LogP contribution in [0.25, 0.3) is 11.0 Å². The number of hydrogen-bond donors (Lipinski definition) is 2. The van der Waals surface area contributed by atoms with E-state index in [4.69, 9.17) is 4.74 Å². The van der Waals surface area contributed by atoms with Crippen molar-refractivity contribution in [2.75, 3.05) is 5.32 Å². The highest BCUT2D eigenvalue weighted by Crippen LogP contribution is 2.32. The minimum Gasteiger partial charge on any atom is -0.457 e. The lowest BCUT2D eigenvalue weighted by atomic mass is 9.83. The Morgan fingerprint density at radius 1 is 1.00 bits per heavy atom. The Balaban J connectivity index is 1.32. The largest absolute Gasteiger partial charge is 0.457 e. The number of H-pyrrole nitrogens is 1. The fourth-order valence-corrected chi connectivity index (χ4v) is 4.83. The number of anilines is 1. The molecule has 184 valence electrons. The summed E-state index contributed by atoms with van der Waals surface area (Å²) in [6.45, 7) is 1.65. The number of nitrogens with one attached hydrogen (secondary N) is 2. The van der Waals surface area contributed by atoms with Crippen LogP contribution in [-0.4, -0.2) is 32.6 Å².